The fourth-order valence-corrected chi connectivity index (χ4v) is 2.98. The zero-order valence-corrected chi connectivity index (χ0v) is 16.8. The predicted octanol–water partition coefficient (Wildman–Crippen LogP) is 3.50. The summed E-state index contributed by atoms with van der Waals surface area (Å²) in [4.78, 5) is 29.0. The molecule has 0 fully saturated rings. The average molecular weight is 413 g/mol. The first kappa shape index (κ1) is 20.0. The first-order valence-corrected chi connectivity index (χ1v) is 9.57. The van der Waals surface area contributed by atoms with Gasteiger partial charge in [-0.15, -0.1) is 0 Å². The quantitative estimate of drug-likeness (QED) is 0.357. The number of hydrogen-bond acceptors (Lipinski definition) is 6. The predicted molar refractivity (Wildman–Crippen MR) is 118 cm³/mol. The Hall–Kier alpha value is -4.26. The summed E-state index contributed by atoms with van der Waals surface area (Å²) in [6.07, 6.45) is 1.58. The van der Waals surface area contributed by atoms with Gasteiger partial charge in [0.05, 0.1) is 24.2 Å². The molecule has 1 aromatic heterocycles. The topological polar surface area (TPSA) is 82.8 Å². The third-order valence-electron chi connectivity index (χ3n) is 4.57. The first-order chi connectivity index (χ1) is 15.2. The van der Waals surface area contributed by atoms with Gasteiger partial charge in [0.2, 0.25) is 0 Å². The summed E-state index contributed by atoms with van der Waals surface area (Å²) >= 11 is 0. The van der Waals surface area contributed by atoms with E-state index in [9.17, 15) is 9.59 Å². The number of nitrogens with zero attached hydrogens (tertiary/aromatic N) is 3. The van der Waals surface area contributed by atoms with E-state index in [1.807, 2.05) is 42.5 Å². The van der Waals surface area contributed by atoms with Gasteiger partial charge in [0.25, 0.3) is 5.56 Å². The van der Waals surface area contributed by atoms with Gasteiger partial charge in [0.1, 0.15) is 5.75 Å². The molecular formula is C24H19N3O4. The highest BCUT2D eigenvalue weighted by molar-refractivity contribution is 5.82. The van der Waals surface area contributed by atoms with Crippen LogP contribution in [0.4, 0.5) is 0 Å². The Bertz CT molecular complexity index is 1300. The van der Waals surface area contributed by atoms with E-state index in [0.29, 0.717) is 22.5 Å². The van der Waals surface area contributed by atoms with Gasteiger partial charge in [-0.2, -0.15) is 9.78 Å². The molecule has 0 saturated heterocycles. The molecule has 0 spiro atoms. The number of aromatic nitrogens is 2. The number of benzene rings is 3. The summed E-state index contributed by atoms with van der Waals surface area (Å²) in [6.45, 7) is -0.164. The summed E-state index contributed by atoms with van der Waals surface area (Å²) in [6, 6.07) is 23.6. The number of rotatable bonds is 6. The molecule has 0 unspecified atom stereocenters. The van der Waals surface area contributed by atoms with E-state index < -0.39 is 5.97 Å². The van der Waals surface area contributed by atoms with Crippen LogP contribution in [0.1, 0.15) is 5.56 Å². The molecule has 0 aliphatic heterocycles. The number of para-hydroxylation sites is 1. The second-order valence-electron chi connectivity index (χ2n) is 6.61. The number of esters is 1. The summed E-state index contributed by atoms with van der Waals surface area (Å²) in [5.74, 6) is 0.526. The van der Waals surface area contributed by atoms with Crippen molar-refractivity contribution in [1.82, 2.24) is 9.66 Å². The summed E-state index contributed by atoms with van der Waals surface area (Å²) in [5, 5.41) is 4.91. The number of methoxy groups -OCH3 is 1. The molecule has 0 aliphatic rings. The van der Waals surface area contributed by atoms with E-state index in [0.717, 1.165) is 11.1 Å². The van der Waals surface area contributed by atoms with Crippen LogP contribution in [0.15, 0.2) is 88.8 Å². The molecule has 0 bridgehead atoms. The highest BCUT2D eigenvalue weighted by atomic mass is 16.6. The fraction of sp³-hybridized carbons (Fsp3) is 0.0833. The maximum absolute atomic E-state index is 13.1. The largest absolute Gasteiger partial charge is 0.482 e. The van der Waals surface area contributed by atoms with E-state index in [2.05, 4.69) is 14.8 Å². The Morgan fingerprint density at radius 2 is 1.71 bits per heavy atom. The van der Waals surface area contributed by atoms with Crippen molar-refractivity contribution < 1.29 is 14.3 Å². The molecule has 4 aromatic rings. The molecule has 31 heavy (non-hydrogen) atoms. The molecular weight excluding hydrogens is 394 g/mol. The summed E-state index contributed by atoms with van der Waals surface area (Å²) in [5.41, 5.74) is 1.90. The number of carbonyl (C=O) groups is 1. The molecule has 154 valence electrons. The van der Waals surface area contributed by atoms with E-state index in [-0.39, 0.29) is 12.2 Å². The molecule has 0 radical (unpaired) electrons. The monoisotopic (exact) mass is 413 g/mol. The second kappa shape index (κ2) is 9.04. The van der Waals surface area contributed by atoms with E-state index in [1.54, 1.807) is 42.6 Å². The number of ether oxygens (including phenoxy) is 2. The van der Waals surface area contributed by atoms with Gasteiger partial charge in [0, 0.05) is 5.56 Å². The Morgan fingerprint density at radius 1 is 1.00 bits per heavy atom. The molecule has 7 nitrogen and oxygen atoms in total. The summed E-state index contributed by atoms with van der Waals surface area (Å²) in [7, 11) is 1.30. The van der Waals surface area contributed by atoms with Gasteiger partial charge in [0.15, 0.2) is 12.4 Å². The lowest BCUT2D eigenvalue weighted by Crippen LogP contribution is -2.20. The van der Waals surface area contributed by atoms with Gasteiger partial charge < -0.3 is 9.47 Å². The van der Waals surface area contributed by atoms with Crippen molar-refractivity contribution in [2.45, 2.75) is 0 Å². The molecule has 0 atom stereocenters. The lowest BCUT2D eigenvalue weighted by Gasteiger charge is -2.09. The minimum Gasteiger partial charge on any atom is -0.482 e. The highest BCUT2D eigenvalue weighted by Crippen LogP contribution is 2.19. The van der Waals surface area contributed by atoms with Crippen molar-refractivity contribution in [3.63, 3.8) is 0 Å². The minimum absolute atomic E-state index is 0.164. The molecule has 7 heteroatoms. The zero-order valence-electron chi connectivity index (χ0n) is 16.8. The Labute approximate surface area is 178 Å². The van der Waals surface area contributed by atoms with Crippen LogP contribution in [0, 0.1) is 0 Å². The number of fused-ring (bicyclic) bond motifs is 1. The molecule has 0 aliphatic carbocycles. The third-order valence-corrected chi connectivity index (χ3v) is 4.57. The van der Waals surface area contributed by atoms with Gasteiger partial charge >= 0.3 is 5.97 Å². The fourth-order valence-electron chi connectivity index (χ4n) is 2.98. The Morgan fingerprint density at radius 3 is 2.45 bits per heavy atom. The van der Waals surface area contributed by atoms with Crippen LogP contribution in [0.5, 0.6) is 5.75 Å². The molecule has 4 rings (SSSR count). The Kier molecular flexibility index (Phi) is 5.84. The molecule has 3 aromatic carbocycles. The molecule has 0 amide bonds. The average Bonchev–Trinajstić information content (AvgIpc) is 2.83. The molecule has 1 heterocycles. The maximum Gasteiger partial charge on any atom is 0.343 e. The third kappa shape index (κ3) is 4.51. The van der Waals surface area contributed by atoms with Gasteiger partial charge in [-0.05, 0) is 42.0 Å². The van der Waals surface area contributed by atoms with Crippen molar-refractivity contribution in [3.05, 3.63) is 94.8 Å². The van der Waals surface area contributed by atoms with Crippen LogP contribution in [0.25, 0.3) is 22.3 Å². The normalized spacial score (nSPS) is 11.0. The SMILES string of the molecule is COC(=O)COc1ccc(C=Nn2c(-c3ccccc3)nc3ccccc3c2=O)cc1. The molecule has 0 saturated carbocycles. The lowest BCUT2D eigenvalue weighted by molar-refractivity contribution is -0.142. The van der Waals surface area contributed by atoms with Gasteiger partial charge in [-0.1, -0.05) is 42.5 Å². The number of carbonyl (C=O) groups excluding carboxylic acids is 1. The van der Waals surface area contributed by atoms with Crippen LogP contribution < -0.4 is 10.3 Å². The van der Waals surface area contributed by atoms with Crippen LogP contribution >= 0.6 is 0 Å². The van der Waals surface area contributed by atoms with Crippen molar-refractivity contribution >= 4 is 23.1 Å². The minimum atomic E-state index is -0.456. The zero-order chi connectivity index (χ0) is 21.6. The standard InChI is InChI=1S/C24H19N3O4/c1-30-22(28)16-31-19-13-11-17(12-14-19)15-25-27-23(18-7-3-2-4-8-18)26-21-10-6-5-9-20(21)24(27)29/h2-15H,16H2,1H3. The first-order valence-electron chi connectivity index (χ1n) is 9.57. The van der Waals surface area contributed by atoms with Gasteiger partial charge in [-0.25, -0.2) is 9.78 Å². The lowest BCUT2D eigenvalue weighted by atomic mass is 10.2. The van der Waals surface area contributed by atoms with Crippen molar-refractivity contribution in [3.8, 4) is 17.1 Å². The van der Waals surface area contributed by atoms with Crippen LogP contribution in [0.3, 0.4) is 0 Å². The van der Waals surface area contributed by atoms with Crippen LogP contribution in [-0.4, -0.2) is 35.6 Å². The van der Waals surface area contributed by atoms with Gasteiger partial charge in [-0.3, -0.25) is 4.79 Å². The Balaban J connectivity index is 1.69. The van der Waals surface area contributed by atoms with Crippen LogP contribution in [-0.2, 0) is 9.53 Å². The second-order valence-corrected chi connectivity index (χ2v) is 6.61. The van der Waals surface area contributed by atoms with Crippen molar-refractivity contribution in [2.75, 3.05) is 13.7 Å². The maximum atomic E-state index is 13.1. The highest BCUT2D eigenvalue weighted by Gasteiger charge is 2.12. The smallest absolute Gasteiger partial charge is 0.343 e. The van der Waals surface area contributed by atoms with Crippen molar-refractivity contribution in [2.24, 2.45) is 5.10 Å². The van der Waals surface area contributed by atoms with E-state index >= 15 is 0 Å². The van der Waals surface area contributed by atoms with E-state index in [1.165, 1.54) is 11.8 Å². The number of hydrogen-bond donors (Lipinski definition) is 0. The molecule has 0 N–H and O–H groups in total. The van der Waals surface area contributed by atoms with Crippen molar-refractivity contribution in [1.29, 1.82) is 0 Å². The summed E-state index contributed by atoms with van der Waals surface area (Å²) < 4.78 is 11.2. The van der Waals surface area contributed by atoms with Crippen LogP contribution in [0.2, 0.25) is 0 Å². The van der Waals surface area contributed by atoms with E-state index in [4.69, 9.17) is 4.74 Å².